The molecule has 0 aliphatic carbocycles. The molecule has 2 amide bonds. The molecule has 21 heavy (non-hydrogen) atoms. The van der Waals surface area contributed by atoms with Crippen molar-refractivity contribution in [2.24, 2.45) is 0 Å². The SMILES string of the molecule is O=C1NCC(=O)N(C2CC3CCC2O3)C1c1ccccc1. The maximum atomic E-state index is 12.4. The zero-order valence-corrected chi connectivity index (χ0v) is 11.7. The van der Waals surface area contributed by atoms with Crippen LogP contribution in [0.1, 0.15) is 30.9 Å². The topological polar surface area (TPSA) is 58.6 Å². The molecule has 3 saturated heterocycles. The van der Waals surface area contributed by atoms with Crippen LogP contribution in [0.4, 0.5) is 0 Å². The summed E-state index contributed by atoms with van der Waals surface area (Å²) in [6, 6.07) is 9.03. The zero-order valence-electron chi connectivity index (χ0n) is 11.7. The van der Waals surface area contributed by atoms with Crippen molar-refractivity contribution in [3.8, 4) is 0 Å². The normalized spacial score (nSPS) is 35.1. The molecule has 1 aromatic rings. The lowest BCUT2D eigenvalue weighted by Gasteiger charge is -2.41. The predicted molar refractivity (Wildman–Crippen MR) is 75.3 cm³/mol. The van der Waals surface area contributed by atoms with Crippen molar-refractivity contribution in [3.63, 3.8) is 0 Å². The molecule has 3 aliphatic heterocycles. The predicted octanol–water partition coefficient (Wildman–Crippen LogP) is 1.01. The molecule has 3 heterocycles. The van der Waals surface area contributed by atoms with E-state index in [4.69, 9.17) is 4.74 Å². The fourth-order valence-corrected chi connectivity index (χ4v) is 3.85. The van der Waals surface area contributed by atoms with Gasteiger partial charge in [0.25, 0.3) is 0 Å². The van der Waals surface area contributed by atoms with Crippen LogP contribution in [0.5, 0.6) is 0 Å². The van der Waals surface area contributed by atoms with Gasteiger partial charge in [0.1, 0.15) is 6.04 Å². The molecule has 2 bridgehead atoms. The van der Waals surface area contributed by atoms with Gasteiger partial charge < -0.3 is 15.0 Å². The average Bonchev–Trinajstić information content (AvgIpc) is 3.13. The molecule has 0 saturated carbocycles. The third-order valence-corrected chi connectivity index (χ3v) is 4.77. The fraction of sp³-hybridized carbons (Fsp3) is 0.500. The van der Waals surface area contributed by atoms with Crippen molar-refractivity contribution in [2.75, 3.05) is 6.54 Å². The molecule has 5 nitrogen and oxygen atoms in total. The van der Waals surface area contributed by atoms with Crippen molar-refractivity contribution < 1.29 is 14.3 Å². The Hall–Kier alpha value is -1.88. The molecule has 5 heteroatoms. The van der Waals surface area contributed by atoms with Crippen LogP contribution in [-0.2, 0) is 14.3 Å². The molecule has 1 aromatic carbocycles. The Kier molecular flexibility index (Phi) is 2.96. The van der Waals surface area contributed by atoms with E-state index in [1.165, 1.54) is 0 Å². The van der Waals surface area contributed by atoms with Gasteiger partial charge in [-0.15, -0.1) is 0 Å². The molecule has 4 rings (SSSR count). The van der Waals surface area contributed by atoms with E-state index < -0.39 is 6.04 Å². The van der Waals surface area contributed by atoms with Crippen molar-refractivity contribution in [2.45, 2.75) is 43.6 Å². The molecule has 3 aliphatic rings. The van der Waals surface area contributed by atoms with E-state index in [1.807, 2.05) is 30.3 Å². The first-order valence-corrected chi connectivity index (χ1v) is 7.53. The number of amides is 2. The molecule has 0 radical (unpaired) electrons. The summed E-state index contributed by atoms with van der Waals surface area (Å²) < 4.78 is 5.88. The molecule has 0 spiro atoms. The van der Waals surface area contributed by atoms with Crippen LogP contribution in [-0.4, -0.2) is 41.5 Å². The van der Waals surface area contributed by atoms with Crippen LogP contribution in [0, 0.1) is 0 Å². The van der Waals surface area contributed by atoms with Gasteiger partial charge in [0.05, 0.1) is 24.8 Å². The van der Waals surface area contributed by atoms with Gasteiger partial charge in [-0.2, -0.15) is 0 Å². The second-order valence-corrected chi connectivity index (χ2v) is 6.01. The number of piperazine rings is 1. The summed E-state index contributed by atoms with van der Waals surface area (Å²) in [5.74, 6) is -0.104. The summed E-state index contributed by atoms with van der Waals surface area (Å²) in [6.07, 6.45) is 3.27. The Morgan fingerprint density at radius 1 is 1.14 bits per heavy atom. The zero-order chi connectivity index (χ0) is 14.4. The van der Waals surface area contributed by atoms with E-state index >= 15 is 0 Å². The van der Waals surface area contributed by atoms with Crippen molar-refractivity contribution >= 4 is 11.8 Å². The number of hydrogen-bond acceptors (Lipinski definition) is 3. The highest BCUT2D eigenvalue weighted by Gasteiger charge is 2.49. The van der Waals surface area contributed by atoms with Crippen LogP contribution in [0.2, 0.25) is 0 Å². The molecule has 4 atom stereocenters. The first-order chi connectivity index (χ1) is 10.2. The van der Waals surface area contributed by atoms with E-state index in [-0.39, 0.29) is 36.6 Å². The highest BCUT2D eigenvalue weighted by atomic mass is 16.5. The molecular formula is C16H18N2O3. The molecule has 3 fully saturated rings. The summed E-state index contributed by atoms with van der Waals surface area (Å²) in [5.41, 5.74) is 0.867. The van der Waals surface area contributed by atoms with Gasteiger partial charge in [-0.1, -0.05) is 30.3 Å². The third kappa shape index (κ3) is 2.03. The second kappa shape index (κ2) is 4.84. The van der Waals surface area contributed by atoms with E-state index in [2.05, 4.69) is 5.32 Å². The Bertz CT molecular complexity index is 574. The average molecular weight is 286 g/mol. The lowest BCUT2D eigenvalue weighted by molar-refractivity contribution is -0.150. The number of rotatable bonds is 2. The Labute approximate surface area is 123 Å². The number of hydrogen-bond donors (Lipinski definition) is 1. The van der Waals surface area contributed by atoms with E-state index in [9.17, 15) is 9.59 Å². The van der Waals surface area contributed by atoms with Crippen LogP contribution >= 0.6 is 0 Å². The Morgan fingerprint density at radius 2 is 1.95 bits per heavy atom. The van der Waals surface area contributed by atoms with Crippen LogP contribution in [0.15, 0.2) is 30.3 Å². The second-order valence-electron chi connectivity index (χ2n) is 6.01. The molecular weight excluding hydrogens is 268 g/mol. The van der Waals surface area contributed by atoms with Gasteiger partial charge in [-0.3, -0.25) is 9.59 Å². The molecule has 110 valence electrons. The Morgan fingerprint density at radius 3 is 2.62 bits per heavy atom. The lowest BCUT2D eigenvalue weighted by atomic mass is 9.90. The molecule has 0 aromatic heterocycles. The number of ether oxygens (including phenoxy) is 1. The van der Waals surface area contributed by atoms with Gasteiger partial charge in [-0.05, 0) is 24.8 Å². The smallest absolute Gasteiger partial charge is 0.247 e. The highest BCUT2D eigenvalue weighted by Crippen LogP contribution is 2.40. The van der Waals surface area contributed by atoms with Gasteiger partial charge in [0.2, 0.25) is 11.8 Å². The van der Waals surface area contributed by atoms with Crippen LogP contribution in [0.3, 0.4) is 0 Å². The third-order valence-electron chi connectivity index (χ3n) is 4.77. The number of nitrogens with zero attached hydrogens (tertiary/aromatic N) is 1. The molecule has 1 N–H and O–H groups in total. The van der Waals surface area contributed by atoms with Crippen molar-refractivity contribution in [3.05, 3.63) is 35.9 Å². The summed E-state index contributed by atoms with van der Waals surface area (Å²) in [5, 5.41) is 2.71. The summed E-state index contributed by atoms with van der Waals surface area (Å²) >= 11 is 0. The number of carbonyl (C=O) groups excluding carboxylic acids is 2. The van der Waals surface area contributed by atoms with Crippen molar-refractivity contribution in [1.29, 1.82) is 0 Å². The number of carbonyl (C=O) groups is 2. The van der Waals surface area contributed by atoms with Gasteiger partial charge in [0.15, 0.2) is 0 Å². The summed E-state index contributed by atoms with van der Waals surface area (Å²) in [6.45, 7) is 0.0933. The quantitative estimate of drug-likeness (QED) is 0.882. The van der Waals surface area contributed by atoms with E-state index in [0.29, 0.717) is 0 Å². The van der Waals surface area contributed by atoms with Gasteiger partial charge in [-0.25, -0.2) is 0 Å². The number of benzene rings is 1. The van der Waals surface area contributed by atoms with Crippen LogP contribution in [0.25, 0.3) is 0 Å². The van der Waals surface area contributed by atoms with Gasteiger partial charge >= 0.3 is 0 Å². The first kappa shape index (κ1) is 12.8. The largest absolute Gasteiger partial charge is 0.373 e. The molecule has 4 unspecified atom stereocenters. The summed E-state index contributed by atoms with van der Waals surface area (Å²) in [7, 11) is 0. The standard InChI is InChI=1S/C16H18N2O3/c19-14-9-17-16(20)15(10-4-2-1-3-5-10)18(14)12-8-11-6-7-13(12)21-11/h1-5,11-13,15H,6-9H2,(H,17,20). The maximum absolute atomic E-state index is 12.4. The van der Waals surface area contributed by atoms with E-state index in [1.54, 1.807) is 4.90 Å². The minimum Gasteiger partial charge on any atom is -0.373 e. The van der Waals surface area contributed by atoms with E-state index in [0.717, 1.165) is 24.8 Å². The van der Waals surface area contributed by atoms with Gasteiger partial charge in [0, 0.05) is 0 Å². The minimum absolute atomic E-state index is 0.00963. The monoisotopic (exact) mass is 286 g/mol. The summed E-state index contributed by atoms with van der Waals surface area (Å²) in [4.78, 5) is 26.6. The highest BCUT2D eigenvalue weighted by molar-refractivity contribution is 5.95. The van der Waals surface area contributed by atoms with Crippen LogP contribution < -0.4 is 5.32 Å². The maximum Gasteiger partial charge on any atom is 0.247 e. The first-order valence-electron chi connectivity index (χ1n) is 7.53. The minimum atomic E-state index is -0.527. The lowest BCUT2D eigenvalue weighted by Crippen LogP contribution is -2.58. The number of nitrogens with one attached hydrogen (secondary N) is 1. The fourth-order valence-electron chi connectivity index (χ4n) is 3.85. The number of fused-ring (bicyclic) bond motifs is 2. The van der Waals surface area contributed by atoms with Crippen molar-refractivity contribution in [1.82, 2.24) is 10.2 Å². The Balaban J connectivity index is 1.70.